The van der Waals surface area contributed by atoms with Gasteiger partial charge in [-0.15, -0.1) is 0 Å². The van der Waals surface area contributed by atoms with E-state index in [1.54, 1.807) is 7.05 Å². The summed E-state index contributed by atoms with van der Waals surface area (Å²) in [4.78, 5) is 13.6. The first-order valence-corrected chi connectivity index (χ1v) is 5.95. The molecule has 0 aliphatic carbocycles. The van der Waals surface area contributed by atoms with Crippen LogP contribution in [0, 0.1) is 5.41 Å². The molecular weight excluding hydrogens is 188 g/mol. The van der Waals surface area contributed by atoms with Crippen LogP contribution >= 0.6 is 0 Å². The van der Waals surface area contributed by atoms with Crippen LogP contribution in [0.15, 0.2) is 0 Å². The highest BCUT2D eigenvalue weighted by molar-refractivity contribution is 5.76. The number of likely N-dealkylation sites (tertiary alicyclic amines) is 1. The van der Waals surface area contributed by atoms with Gasteiger partial charge in [-0.05, 0) is 38.4 Å². The molecule has 15 heavy (non-hydrogen) atoms. The summed E-state index contributed by atoms with van der Waals surface area (Å²) < 4.78 is 0. The van der Waals surface area contributed by atoms with Crippen LogP contribution in [0.2, 0.25) is 0 Å². The summed E-state index contributed by atoms with van der Waals surface area (Å²) >= 11 is 0. The molecule has 0 spiro atoms. The van der Waals surface area contributed by atoms with Crippen LogP contribution in [0.5, 0.6) is 0 Å². The van der Waals surface area contributed by atoms with Gasteiger partial charge in [0.25, 0.3) is 0 Å². The first-order valence-electron chi connectivity index (χ1n) is 5.95. The Bertz CT molecular complexity index is 184. The van der Waals surface area contributed by atoms with E-state index in [-0.39, 0.29) is 11.3 Å². The topological polar surface area (TPSA) is 32.3 Å². The quantitative estimate of drug-likeness (QED) is 0.761. The summed E-state index contributed by atoms with van der Waals surface area (Å²) in [5, 5.41) is 2.70. The Morgan fingerprint density at radius 2 is 1.80 bits per heavy atom. The van der Waals surface area contributed by atoms with Gasteiger partial charge in [0.1, 0.15) is 0 Å². The van der Waals surface area contributed by atoms with E-state index in [1.807, 2.05) is 13.8 Å². The highest BCUT2D eigenvalue weighted by Crippen LogP contribution is 2.33. The van der Waals surface area contributed by atoms with Gasteiger partial charge in [0.15, 0.2) is 0 Å². The van der Waals surface area contributed by atoms with Gasteiger partial charge in [0.05, 0.1) is 0 Å². The number of carbonyl (C=O) groups is 1. The second kappa shape index (κ2) is 6.83. The average Bonchev–Trinajstić information content (AvgIpc) is 2.25. The first kappa shape index (κ1) is 14.4. The molecule has 3 heteroatoms. The van der Waals surface area contributed by atoms with Crippen molar-refractivity contribution in [3.63, 3.8) is 0 Å². The van der Waals surface area contributed by atoms with Gasteiger partial charge in [-0.2, -0.15) is 0 Å². The van der Waals surface area contributed by atoms with Gasteiger partial charge >= 0.3 is 0 Å². The zero-order chi connectivity index (χ0) is 11.9. The molecule has 0 saturated carbocycles. The third-order valence-corrected chi connectivity index (χ3v) is 3.06. The van der Waals surface area contributed by atoms with Crippen molar-refractivity contribution >= 4 is 5.91 Å². The van der Waals surface area contributed by atoms with Crippen molar-refractivity contribution in [3.05, 3.63) is 0 Å². The van der Waals surface area contributed by atoms with Crippen LogP contribution in [-0.2, 0) is 4.79 Å². The smallest absolute Gasteiger partial charge is 0.220 e. The van der Waals surface area contributed by atoms with E-state index in [2.05, 4.69) is 24.2 Å². The normalized spacial score (nSPS) is 20.1. The first-order chi connectivity index (χ1) is 7.06. The Morgan fingerprint density at radius 3 is 2.20 bits per heavy atom. The van der Waals surface area contributed by atoms with Crippen molar-refractivity contribution in [1.29, 1.82) is 0 Å². The number of piperidine rings is 1. The molecule has 1 amide bonds. The lowest BCUT2D eigenvalue weighted by atomic mass is 9.77. The van der Waals surface area contributed by atoms with Gasteiger partial charge in [-0.25, -0.2) is 0 Å². The molecule has 0 atom stereocenters. The molecule has 1 saturated heterocycles. The predicted octanol–water partition coefficient (Wildman–Crippen LogP) is 1.88. The van der Waals surface area contributed by atoms with Crippen LogP contribution in [0.1, 0.15) is 40.0 Å². The lowest BCUT2D eigenvalue weighted by Gasteiger charge is -2.37. The molecule has 0 unspecified atom stereocenters. The summed E-state index contributed by atoms with van der Waals surface area (Å²) in [6.45, 7) is 8.45. The van der Waals surface area contributed by atoms with Crippen LogP contribution in [0.4, 0.5) is 0 Å². The summed E-state index contributed by atoms with van der Waals surface area (Å²) in [6, 6.07) is 0. The van der Waals surface area contributed by atoms with Crippen molar-refractivity contribution in [2.75, 3.05) is 27.2 Å². The van der Waals surface area contributed by atoms with Gasteiger partial charge in [-0.3, -0.25) is 4.79 Å². The summed E-state index contributed by atoms with van der Waals surface area (Å²) in [6.07, 6.45) is 2.95. The van der Waals surface area contributed by atoms with E-state index in [4.69, 9.17) is 0 Å². The molecule has 0 aromatic carbocycles. The number of amides is 1. The van der Waals surface area contributed by atoms with Gasteiger partial charge in [0.2, 0.25) is 5.91 Å². The predicted molar refractivity (Wildman–Crippen MR) is 64.9 cm³/mol. The van der Waals surface area contributed by atoms with Crippen LogP contribution in [0.25, 0.3) is 0 Å². The molecule has 1 aliphatic rings. The zero-order valence-corrected chi connectivity index (χ0v) is 10.9. The summed E-state index contributed by atoms with van der Waals surface area (Å²) in [7, 11) is 3.85. The number of hydrogen-bond donors (Lipinski definition) is 1. The van der Waals surface area contributed by atoms with E-state index in [1.165, 1.54) is 0 Å². The number of nitrogens with one attached hydrogen (secondary N) is 1. The number of hydrogen-bond acceptors (Lipinski definition) is 2. The third kappa shape index (κ3) is 5.17. The van der Waals surface area contributed by atoms with Crippen molar-refractivity contribution in [3.8, 4) is 0 Å². The van der Waals surface area contributed by atoms with E-state index < -0.39 is 0 Å². The Labute approximate surface area is 94.2 Å². The monoisotopic (exact) mass is 214 g/mol. The number of nitrogens with zero attached hydrogens (tertiary/aromatic N) is 1. The van der Waals surface area contributed by atoms with Crippen molar-refractivity contribution in [2.24, 2.45) is 5.41 Å². The SMILES string of the molecule is CC.CNC(=O)CC1(C)CCN(C)CC1. The van der Waals surface area contributed by atoms with Gasteiger partial charge < -0.3 is 10.2 Å². The maximum atomic E-state index is 11.2. The largest absolute Gasteiger partial charge is 0.359 e. The van der Waals surface area contributed by atoms with E-state index >= 15 is 0 Å². The number of rotatable bonds is 2. The minimum Gasteiger partial charge on any atom is -0.359 e. The van der Waals surface area contributed by atoms with E-state index in [0.29, 0.717) is 6.42 Å². The average molecular weight is 214 g/mol. The highest BCUT2D eigenvalue weighted by atomic mass is 16.1. The van der Waals surface area contributed by atoms with Crippen molar-refractivity contribution in [1.82, 2.24) is 10.2 Å². The lowest BCUT2D eigenvalue weighted by Crippen LogP contribution is -2.39. The van der Waals surface area contributed by atoms with Crippen molar-refractivity contribution < 1.29 is 4.79 Å². The maximum Gasteiger partial charge on any atom is 0.220 e. The van der Waals surface area contributed by atoms with E-state index in [9.17, 15) is 4.79 Å². The van der Waals surface area contributed by atoms with Crippen LogP contribution in [0.3, 0.4) is 0 Å². The Balaban J connectivity index is 0.000000921. The van der Waals surface area contributed by atoms with E-state index in [0.717, 1.165) is 25.9 Å². The van der Waals surface area contributed by atoms with Crippen molar-refractivity contribution in [2.45, 2.75) is 40.0 Å². The molecule has 90 valence electrons. The van der Waals surface area contributed by atoms with Gasteiger partial charge in [0, 0.05) is 13.5 Å². The zero-order valence-electron chi connectivity index (χ0n) is 10.9. The minimum absolute atomic E-state index is 0.173. The molecule has 0 radical (unpaired) electrons. The Kier molecular flexibility index (Phi) is 6.57. The second-order valence-electron chi connectivity index (χ2n) is 4.46. The summed E-state index contributed by atoms with van der Waals surface area (Å²) in [5.41, 5.74) is 0.229. The fourth-order valence-electron chi connectivity index (χ4n) is 1.81. The van der Waals surface area contributed by atoms with Gasteiger partial charge in [-0.1, -0.05) is 20.8 Å². The third-order valence-electron chi connectivity index (χ3n) is 3.06. The van der Waals surface area contributed by atoms with Crippen LogP contribution in [-0.4, -0.2) is 38.0 Å². The molecule has 1 fully saturated rings. The molecule has 1 rings (SSSR count). The Morgan fingerprint density at radius 1 is 1.33 bits per heavy atom. The maximum absolute atomic E-state index is 11.2. The standard InChI is InChI=1S/C10H20N2O.C2H6/c1-10(8-9(13)11-2)4-6-12(3)7-5-10;1-2/h4-8H2,1-3H3,(H,11,13);1-2H3. The minimum atomic E-state index is 0.173. The lowest BCUT2D eigenvalue weighted by molar-refractivity contribution is -0.123. The molecule has 0 aromatic rings. The fraction of sp³-hybridized carbons (Fsp3) is 0.917. The number of carbonyl (C=O) groups excluding carboxylic acids is 1. The highest BCUT2D eigenvalue weighted by Gasteiger charge is 2.30. The second-order valence-corrected chi connectivity index (χ2v) is 4.46. The molecule has 1 N–H and O–H groups in total. The molecular formula is C12H26N2O. The molecule has 0 aromatic heterocycles. The molecule has 1 heterocycles. The summed E-state index contributed by atoms with van der Waals surface area (Å²) in [5.74, 6) is 0.173. The molecule has 3 nitrogen and oxygen atoms in total. The Hall–Kier alpha value is -0.570. The fourth-order valence-corrected chi connectivity index (χ4v) is 1.81. The molecule has 1 aliphatic heterocycles. The molecule has 0 bridgehead atoms. The van der Waals surface area contributed by atoms with Crippen LogP contribution < -0.4 is 5.32 Å².